The zero-order chi connectivity index (χ0) is 18.9. The molecule has 0 saturated carbocycles. The van der Waals surface area contributed by atoms with Crippen LogP contribution in [0.5, 0.6) is 0 Å². The molecule has 1 fully saturated rings. The van der Waals surface area contributed by atoms with Crippen LogP contribution in [-0.2, 0) is 19.4 Å². The highest BCUT2D eigenvalue weighted by atomic mass is 16.3. The normalized spacial score (nSPS) is 18.5. The molecule has 0 unspecified atom stereocenters. The number of hydrogen-bond acceptors (Lipinski definition) is 3. The van der Waals surface area contributed by atoms with Gasteiger partial charge in [-0.05, 0) is 54.2 Å². The molecule has 144 valence electrons. The summed E-state index contributed by atoms with van der Waals surface area (Å²) in [5.74, 6) is 2.08. The summed E-state index contributed by atoms with van der Waals surface area (Å²) in [6, 6.07) is 22.7. The lowest BCUT2D eigenvalue weighted by molar-refractivity contribution is 0.0993. The van der Waals surface area contributed by atoms with E-state index in [9.17, 15) is 0 Å². The Morgan fingerprint density at radius 3 is 1.96 bits per heavy atom. The van der Waals surface area contributed by atoms with E-state index in [2.05, 4.69) is 70.5 Å². The van der Waals surface area contributed by atoms with Gasteiger partial charge >= 0.3 is 0 Å². The largest absolute Gasteiger partial charge is 0.465 e. The quantitative estimate of drug-likeness (QED) is 0.670. The standard InChI is InChI=1S/C25H28N2O/c1-19-10-13-22(28-19)18-26-14-16-27(17-15-26)25-23-8-4-2-6-20(23)11-12-21-7-3-5-9-24(21)25/h2-10,13,25H,11-12,14-18H2,1H3. The number of benzene rings is 2. The molecular weight excluding hydrogens is 344 g/mol. The van der Waals surface area contributed by atoms with Crippen LogP contribution in [0, 0.1) is 6.92 Å². The molecule has 2 aromatic carbocycles. The highest BCUT2D eigenvalue weighted by Crippen LogP contribution is 2.37. The van der Waals surface area contributed by atoms with E-state index in [1.807, 2.05) is 6.92 Å². The van der Waals surface area contributed by atoms with E-state index in [0.29, 0.717) is 6.04 Å². The predicted molar refractivity (Wildman–Crippen MR) is 112 cm³/mol. The fourth-order valence-corrected chi connectivity index (χ4v) is 4.86. The summed E-state index contributed by atoms with van der Waals surface area (Å²) in [7, 11) is 0. The average molecular weight is 373 g/mol. The van der Waals surface area contributed by atoms with Gasteiger partial charge in [0.05, 0.1) is 12.6 Å². The summed E-state index contributed by atoms with van der Waals surface area (Å²) >= 11 is 0. The van der Waals surface area contributed by atoms with Crippen LogP contribution in [-0.4, -0.2) is 36.0 Å². The average Bonchev–Trinajstić information content (AvgIpc) is 3.05. The molecule has 3 nitrogen and oxygen atoms in total. The maximum atomic E-state index is 5.78. The summed E-state index contributed by atoms with van der Waals surface area (Å²) in [6.45, 7) is 7.28. The second kappa shape index (κ2) is 7.57. The summed E-state index contributed by atoms with van der Waals surface area (Å²) in [6.07, 6.45) is 2.28. The zero-order valence-corrected chi connectivity index (χ0v) is 16.6. The first-order valence-corrected chi connectivity index (χ1v) is 10.5. The van der Waals surface area contributed by atoms with Crippen LogP contribution >= 0.6 is 0 Å². The van der Waals surface area contributed by atoms with Gasteiger partial charge in [0.2, 0.25) is 0 Å². The van der Waals surface area contributed by atoms with Crippen LogP contribution < -0.4 is 0 Å². The Labute approximate surface area is 167 Å². The first-order chi connectivity index (χ1) is 13.8. The van der Waals surface area contributed by atoms with E-state index < -0.39 is 0 Å². The molecule has 0 atom stereocenters. The third-order valence-electron chi connectivity index (χ3n) is 6.31. The lowest BCUT2D eigenvalue weighted by atomic mass is 9.92. The van der Waals surface area contributed by atoms with Crippen LogP contribution in [0.3, 0.4) is 0 Å². The van der Waals surface area contributed by atoms with E-state index in [0.717, 1.165) is 57.1 Å². The Balaban J connectivity index is 1.39. The van der Waals surface area contributed by atoms with Gasteiger partial charge < -0.3 is 4.42 Å². The molecule has 2 aliphatic rings. The molecule has 0 bridgehead atoms. The lowest BCUT2D eigenvalue weighted by Gasteiger charge is -2.40. The van der Waals surface area contributed by atoms with Gasteiger partial charge in [-0.15, -0.1) is 0 Å². The van der Waals surface area contributed by atoms with Crippen molar-refractivity contribution in [1.29, 1.82) is 0 Å². The molecule has 5 rings (SSSR count). The predicted octanol–water partition coefficient (Wildman–Crippen LogP) is 4.59. The maximum absolute atomic E-state index is 5.78. The highest BCUT2D eigenvalue weighted by molar-refractivity contribution is 5.44. The molecule has 3 aromatic rings. The first-order valence-electron chi connectivity index (χ1n) is 10.5. The number of rotatable bonds is 3. The SMILES string of the molecule is Cc1ccc(CN2CCN(C3c4ccccc4CCc4ccccc43)CC2)o1. The second-order valence-corrected chi connectivity index (χ2v) is 8.12. The van der Waals surface area contributed by atoms with Crippen molar-refractivity contribution in [2.75, 3.05) is 26.2 Å². The molecule has 3 heteroatoms. The van der Waals surface area contributed by atoms with E-state index in [1.54, 1.807) is 0 Å². The van der Waals surface area contributed by atoms with Crippen molar-refractivity contribution >= 4 is 0 Å². The van der Waals surface area contributed by atoms with Crippen molar-refractivity contribution in [1.82, 2.24) is 9.80 Å². The lowest BCUT2D eigenvalue weighted by Crippen LogP contribution is -2.47. The summed E-state index contributed by atoms with van der Waals surface area (Å²) in [4.78, 5) is 5.20. The van der Waals surface area contributed by atoms with Gasteiger partial charge in [0.25, 0.3) is 0 Å². The van der Waals surface area contributed by atoms with E-state index in [-0.39, 0.29) is 0 Å². The Morgan fingerprint density at radius 2 is 1.39 bits per heavy atom. The molecule has 1 aliphatic carbocycles. The van der Waals surface area contributed by atoms with Gasteiger partial charge in [0.15, 0.2) is 0 Å². The van der Waals surface area contributed by atoms with Crippen molar-refractivity contribution in [2.45, 2.75) is 32.4 Å². The molecule has 28 heavy (non-hydrogen) atoms. The molecule has 0 radical (unpaired) electrons. The highest BCUT2D eigenvalue weighted by Gasteiger charge is 2.30. The topological polar surface area (TPSA) is 19.6 Å². The van der Waals surface area contributed by atoms with Crippen molar-refractivity contribution < 1.29 is 4.42 Å². The van der Waals surface area contributed by atoms with E-state index in [4.69, 9.17) is 4.42 Å². The number of nitrogens with zero attached hydrogens (tertiary/aromatic N) is 2. The molecule has 0 N–H and O–H groups in total. The summed E-state index contributed by atoms with van der Waals surface area (Å²) in [5, 5.41) is 0. The summed E-state index contributed by atoms with van der Waals surface area (Å²) < 4.78 is 5.78. The van der Waals surface area contributed by atoms with Gasteiger partial charge in [-0.2, -0.15) is 0 Å². The third kappa shape index (κ3) is 3.41. The van der Waals surface area contributed by atoms with E-state index >= 15 is 0 Å². The van der Waals surface area contributed by atoms with Gasteiger partial charge in [-0.3, -0.25) is 9.80 Å². The third-order valence-corrected chi connectivity index (χ3v) is 6.31. The number of hydrogen-bond donors (Lipinski definition) is 0. The minimum absolute atomic E-state index is 0.378. The number of piperazine rings is 1. The van der Waals surface area contributed by atoms with Crippen LogP contribution in [0.4, 0.5) is 0 Å². The van der Waals surface area contributed by atoms with Crippen LogP contribution in [0.1, 0.15) is 39.8 Å². The Kier molecular flexibility index (Phi) is 4.79. The van der Waals surface area contributed by atoms with E-state index in [1.165, 1.54) is 22.3 Å². The van der Waals surface area contributed by atoms with Crippen LogP contribution in [0.25, 0.3) is 0 Å². The smallest absolute Gasteiger partial charge is 0.118 e. The van der Waals surface area contributed by atoms with Gasteiger partial charge in [-0.1, -0.05) is 48.5 Å². The fourth-order valence-electron chi connectivity index (χ4n) is 4.86. The van der Waals surface area contributed by atoms with Crippen molar-refractivity contribution in [3.05, 3.63) is 94.4 Å². The Hall–Kier alpha value is -2.36. The molecule has 1 aromatic heterocycles. The number of furan rings is 1. The molecule has 1 saturated heterocycles. The molecule has 0 spiro atoms. The van der Waals surface area contributed by atoms with Gasteiger partial charge in [0.1, 0.15) is 11.5 Å². The van der Waals surface area contributed by atoms with Crippen LogP contribution in [0.15, 0.2) is 65.1 Å². The fraction of sp³-hybridized carbons (Fsp3) is 0.360. The van der Waals surface area contributed by atoms with Crippen molar-refractivity contribution in [2.24, 2.45) is 0 Å². The van der Waals surface area contributed by atoms with Gasteiger partial charge in [-0.25, -0.2) is 0 Å². The van der Waals surface area contributed by atoms with Gasteiger partial charge in [0, 0.05) is 26.2 Å². The minimum Gasteiger partial charge on any atom is -0.465 e. The molecular formula is C25H28N2O. The molecule has 1 aliphatic heterocycles. The molecule has 0 amide bonds. The Bertz CT molecular complexity index is 905. The van der Waals surface area contributed by atoms with Crippen molar-refractivity contribution in [3.8, 4) is 0 Å². The summed E-state index contributed by atoms with van der Waals surface area (Å²) in [5.41, 5.74) is 6.03. The van der Waals surface area contributed by atoms with Crippen molar-refractivity contribution in [3.63, 3.8) is 0 Å². The number of fused-ring (bicyclic) bond motifs is 2. The first kappa shape index (κ1) is 17.7. The minimum atomic E-state index is 0.378. The Morgan fingerprint density at radius 1 is 0.786 bits per heavy atom. The monoisotopic (exact) mass is 372 g/mol. The van der Waals surface area contributed by atoms with Crippen LogP contribution in [0.2, 0.25) is 0 Å². The number of aryl methyl sites for hydroxylation is 3. The molecule has 2 heterocycles. The maximum Gasteiger partial charge on any atom is 0.118 e. The zero-order valence-electron chi connectivity index (χ0n) is 16.6. The second-order valence-electron chi connectivity index (χ2n) is 8.12.